The third-order valence-electron chi connectivity index (χ3n) is 23.3. The van der Waals surface area contributed by atoms with Crippen molar-refractivity contribution in [2.45, 2.75) is 231 Å². The van der Waals surface area contributed by atoms with E-state index in [0.29, 0.717) is 79.9 Å². The Kier molecular flexibility index (Phi) is 13.9. The summed E-state index contributed by atoms with van der Waals surface area (Å²) in [5.74, 6) is 2.88. The van der Waals surface area contributed by atoms with E-state index >= 15 is 9.59 Å². The predicted octanol–water partition coefficient (Wildman–Crippen LogP) is 12.0. The average Bonchev–Trinajstić information content (AvgIpc) is 3.64. The van der Waals surface area contributed by atoms with Crippen LogP contribution < -0.4 is 16.4 Å². The molecule has 406 valence electrons. The minimum atomic E-state index is -0.865. The Labute approximate surface area is 444 Å². The number of anilines is 1. The number of β-amino-alcohol motifs (C(OH)–C–C–N with tert-alkyl or cyclic N) is 1. The van der Waals surface area contributed by atoms with Crippen molar-refractivity contribution >= 4 is 17.3 Å². The number of aliphatic hydroxyl groups excluding tert-OH is 1. The molecule has 9 aliphatic rings. The van der Waals surface area contributed by atoms with Gasteiger partial charge in [-0.05, 0) is 208 Å². The van der Waals surface area contributed by atoms with Gasteiger partial charge in [0, 0.05) is 48.0 Å². The predicted molar refractivity (Wildman–Crippen MR) is 295 cm³/mol. The number of hydrogen-bond acceptors (Lipinski definition) is 9. The first-order chi connectivity index (χ1) is 35.1. The highest BCUT2D eigenvalue weighted by atomic mass is 16.6. The fourth-order valence-corrected chi connectivity index (χ4v) is 20.5. The number of allylic oxidation sites excluding steroid dienone is 2. The number of aliphatic hydroxyl groups is 2. The number of carbonyl (C=O) groups excluding carboxylic acids is 2. The number of benzene rings is 2. The lowest BCUT2D eigenvalue weighted by molar-refractivity contribution is -0.206. The van der Waals surface area contributed by atoms with Crippen LogP contribution >= 0.6 is 0 Å². The van der Waals surface area contributed by atoms with E-state index in [9.17, 15) is 15.3 Å². The molecule has 9 nitrogen and oxygen atoms in total. The summed E-state index contributed by atoms with van der Waals surface area (Å²) in [6.45, 7) is 17.2. The molecule has 0 aromatic heterocycles. The van der Waals surface area contributed by atoms with Crippen LogP contribution in [0.5, 0.6) is 5.75 Å². The van der Waals surface area contributed by atoms with Gasteiger partial charge in [0.05, 0.1) is 17.3 Å². The lowest BCUT2D eigenvalue weighted by Crippen LogP contribution is -2.71. The molecule has 9 heteroatoms. The molecule has 0 unspecified atom stereocenters. The minimum absolute atomic E-state index is 0.00185. The van der Waals surface area contributed by atoms with Crippen LogP contribution in [0, 0.1) is 63.1 Å². The fourth-order valence-electron chi connectivity index (χ4n) is 20.5. The van der Waals surface area contributed by atoms with Crippen molar-refractivity contribution in [1.82, 2.24) is 10.6 Å². The standard InChI is InChI=1S/C65H95N3O6/c1-38(2)25-39-26-42(30-44(66)28-39)47-18-13-19-50(47)64(7)59(74-64)53(70)32-48-46-17-10-9-15-41(46)16-14-24-65-34-52-57-61(4,23-12-11-22-60(3,73)37-68-52)58(72)49(43-27-40(36-67-8)29-45(69)31-43)33-62(57,5)55(65)21-20-51-56(48)54(71)35-63(51,65)6/h26-31,38,41,46-50,52-53,55,57,59,67-70,73H,9-25,32-37,66H2,1-8H3/t41-,46-,47-,48-,49+,50+,52-,53+,55+,57-,59+,60-,61+,62-,63-,64+,65-/m0/s1. The lowest BCUT2D eigenvalue weighted by Gasteiger charge is -2.72. The van der Waals surface area contributed by atoms with Crippen molar-refractivity contribution in [2.75, 3.05) is 19.3 Å². The number of aromatic hydroxyl groups is 1. The summed E-state index contributed by atoms with van der Waals surface area (Å²) in [4.78, 5) is 31.4. The van der Waals surface area contributed by atoms with Gasteiger partial charge in [-0.3, -0.25) is 9.59 Å². The number of nitrogens with two attached hydrogens (primary N) is 1. The highest BCUT2D eigenvalue weighted by molar-refractivity contribution is 6.01. The third kappa shape index (κ3) is 8.72. The van der Waals surface area contributed by atoms with Crippen LogP contribution in [0.3, 0.4) is 0 Å². The maximum absolute atomic E-state index is 15.7. The normalized spacial score (nSPS) is 43.6. The van der Waals surface area contributed by atoms with Gasteiger partial charge in [0.15, 0.2) is 5.78 Å². The maximum Gasteiger partial charge on any atom is 0.160 e. The van der Waals surface area contributed by atoms with Gasteiger partial charge in [0.1, 0.15) is 17.6 Å². The van der Waals surface area contributed by atoms with Gasteiger partial charge in [0.2, 0.25) is 0 Å². The van der Waals surface area contributed by atoms with Crippen molar-refractivity contribution in [3.05, 3.63) is 69.8 Å². The zero-order valence-corrected chi connectivity index (χ0v) is 46.8. The second-order valence-corrected chi connectivity index (χ2v) is 28.4. The zero-order chi connectivity index (χ0) is 52.3. The molecule has 1 spiro atoms. The van der Waals surface area contributed by atoms with Crippen LogP contribution in [0.4, 0.5) is 5.69 Å². The van der Waals surface area contributed by atoms with E-state index in [2.05, 4.69) is 76.4 Å². The Bertz CT molecular complexity index is 2520. The molecule has 2 aliphatic heterocycles. The van der Waals surface area contributed by atoms with Crippen LogP contribution in [-0.4, -0.2) is 69.9 Å². The molecule has 7 aliphatic carbocycles. The summed E-state index contributed by atoms with van der Waals surface area (Å²) in [5.41, 5.74) is 11.7. The monoisotopic (exact) mass is 1010 g/mol. The Hall–Kier alpha value is -3.08. The molecule has 2 saturated heterocycles. The van der Waals surface area contributed by atoms with Crippen LogP contribution in [-0.2, 0) is 27.3 Å². The number of phenols is 1. The quantitative estimate of drug-likeness (QED) is 0.101. The topological polar surface area (TPSA) is 157 Å². The summed E-state index contributed by atoms with van der Waals surface area (Å²) < 4.78 is 6.87. The van der Waals surface area contributed by atoms with E-state index in [4.69, 9.17) is 10.5 Å². The molecule has 0 amide bonds. The second kappa shape index (κ2) is 19.4. The summed E-state index contributed by atoms with van der Waals surface area (Å²) in [5, 5.41) is 43.4. The van der Waals surface area contributed by atoms with E-state index in [1.165, 1.54) is 36.0 Å². The van der Waals surface area contributed by atoms with Crippen molar-refractivity contribution in [2.24, 2.45) is 63.1 Å². The highest BCUT2D eigenvalue weighted by Gasteiger charge is 2.73. The van der Waals surface area contributed by atoms with Crippen LogP contribution in [0.25, 0.3) is 0 Å². The van der Waals surface area contributed by atoms with Gasteiger partial charge in [0.25, 0.3) is 0 Å². The first kappa shape index (κ1) is 52.9. The molecule has 2 heterocycles. The van der Waals surface area contributed by atoms with E-state index in [0.717, 1.165) is 112 Å². The number of ether oxygens (including phenoxy) is 1. The van der Waals surface area contributed by atoms with E-state index in [1.807, 2.05) is 26.1 Å². The Balaban J connectivity index is 0.976. The molecule has 2 aromatic carbocycles. The van der Waals surface area contributed by atoms with Crippen molar-refractivity contribution in [3.63, 3.8) is 0 Å². The molecule has 11 rings (SSSR count). The smallest absolute Gasteiger partial charge is 0.160 e. The number of Topliss-reactive ketones (excluding diaryl/α,β-unsaturated/α-hetero) is 2. The van der Waals surface area contributed by atoms with Gasteiger partial charge >= 0.3 is 0 Å². The first-order valence-electron chi connectivity index (χ1n) is 30.1. The average molecular weight is 1010 g/mol. The molecular weight excluding hydrogens is 919 g/mol. The summed E-state index contributed by atoms with van der Waals surface area (Å²) >= 11 is 0. The molecule has 0 radical (unpaired) electrons. The van der Waals surface area contributed by atoms with E-state index in [1.54, 1.807) is 0 Å². The van der Waals surface area contributed by atoms with Crippen LogP contribution in [0.2, 0.25) is 0 Å². The SMILES string of the molecule is CNCc1cc(O)cc([C@H]2C[C@@]3(C)[C@H]4CCC5=C6C(=O)C[C@]5(C)[C@@]4(CCC[C@@H]4CCCC[C@@H]4[C@@H]6C[C@@H](O)[C@H]4O[C@]4(C)[C@@H]4CCC[C@H]4c4cc(N)cc(CC(C)C)c4)C[C@@H]4NC[C@@](C)(O)CCCC[C@@](C)(C2=O)[C@H]43)c1. The molecule has 17 atom stereocenters. The molecule has 4 bridgehead atoms. The van der Waals surface area contributed by atoms with Crippen LogP contribution in [0.15, 0.2) is 47.5 Å². The second-order valence-electron chi connectivity index (χ2n) is 28.4. The number of hydrogen-bond donors (Lipinski definition) is 6. The van der Waals surface area contributed by atoms with Crippen molar-refractivity contribution in [1.29, 1.82) is 0 Å². The van der Waals surface area contributed by atoms with Crippen molar-refractivity contribution < 1.29 is 29.6 Å². The summed E-state index contributed by atoms with van der Waals surface area (Å²) in [6, 6.07) is 12.6. The first-order valence-corrected chi connectivity index (χ1v) is 30.1. The molecule has 74 heavy (non-hydrogen) atoms. The fraction of sp³-hybridized carbons (Fsp3) is 0.754. The molecular formula is C65H95N3O6. The Morgan fingerprint density at radius 3 is 2.38 bits per heavy atom. The zero-order valence-electron chi connectivity index (χ0n) is 46.8. The Morgan fingerprint density at radius 1 is 0.838 bits per heavy atom. The number of ketones is 2. The van der Waals surface area contributed by atoms with E-state index in [-0.39, 0.29) is 57.8 Å². The minimum Gasteiger partial charge on any atom is -0.508 e. The summed E-state index contributed by atoms with van der Waals surface area (Å²) in [6.07, 6.45) is 19.2. The number of rotatable bonds is 10. The van der Waals surface area contributed by atoms with Gasteiger partial charge in [-0.15, -0.1) is 0 Å². The van der Waals surface area contributed by atoms with E-state index < -0.39 is 22.7 Å². The number of carbonyl (C=O) groups is 2. The maximum atomic E-state index is 15.7. The van der Waals surface area contributed by atoms with Crippen molar-refractivity contribution in [3.8, 4) is 5.75 Å². The van der Waals surface area contributed by atoms with Gasteiger partial charge < -0.3 is 36.4 Å². The molecule has 7 N–H and O–H groups in total. The van der Waals surface area contributed by atoms with Gasteiger partial charge in [-0.1, -0.05) is 104 Å². The van der Waals surface area contributed by atoms with Gasteiger partial charge in [-0.25, -0.2) is 0 Å². The molecule has 5 saturated carbocycles. The molecule has 2 aromatic rings. The number of fused-ring (bicyclic) bond motifs is 2. The van der Waals surface area contributed by atoms with Crippen LogP contribution in [0.1, 0.15) is 211 Å². The highest BCUT2D eigenvalue weighted by Crippen LogP contribution is 2.77. The lowest BCUT2D eigenvalue weighted by atomic mass is 9.32. The number of nitrogens with one attached hydrogen (secondary N) is 2. The Morgan fingerprint density at radius 2 is 1.59 bits per heavy atom. The third-order valence-corrected chi connectivity index (χ3v) is 23.3. The number of nitrogen functional groups attached to an aromatic ring is 1. The van der Waals surface area contributed by atoms with Gasteiger partial charge in [-0.2, -0.15) is 0 Å². The summed E-state index contributed by atoms with van der Waals surface area (Å²) in [7, 11) is 1.92. The molecule has 7 fully saturated rings. The largest absolute Gasteiger partial charge is 0.508 e. The number of epoxide rings is 1. The number of phenolic OH excluding ortho intramolecular Hbond substituents is 1.